The summed E-state index contributed by atoms with van der Waals surface area (Å²) in [4.78, 5) is 24.6. The van der Waals surface area contributed by atoms with Gasteiger partial charge in [0.2, 0.25) is 0 Å². The van der Waals surface area contributed by atoms with Crippen LogP contribution in [0.1, 0.15) is 37.3 Å². The average molecular weight is 438 g/mol. The van der Waals surface area contributed by atoms with Crippen LogP contribution < -0.4 is 5.32 Å². The van der Waals surface area contributed by atoms with Gasteiger partial charge in [-0.1, -0.05) is 79.5 Å². The van der Waals surface area contributed by atoms with Gasteiger partial charge in [-0.25, -0.2) is 4.79 Å². The zero-order chi connectivity index (χ0) is 21.2. The minimum atomic E-state index is -0.710. The molecule has 2 aromatic rings. The number of alkyl carbamates (subject to hydrolysis) is 1. The summed E-state index contributed by atoms with van der Waals surface area (Å²) >= 11 is 11.9. The second kappa shape index (κ2) is 11.7. The van der Waals surface area contributed by atoms with E-state index in [0.29, 0.717) is 11.4 Å². The van der Waals surface area contributed by atoms with Gasteiger partial charge in [0, 0.05) is 17.5 Å². The monoisotopic (exact) mass is 437 g/mol. The molecule has 7 heteroatoms. The molecule has 0 aliphatic carbocycles. The number of nitrogens with one attached hydrogen (secondary N) is 1. The molecule has 1 N–H and O–H groups in total. The maximum Gasteiger partial charge on any atom is 0.408 e. The number of esters is 1. The number of hydrogen-bond acceptors (Lipinski definition) is 4. The number of carbonyl (C=O) groups is 2. The Morgan fingerprint density at radius 3 is 2.31 bits per heavy atom. The molecule has 156 valence electrons. The lowest BCUT2D eigenvalue weighted by atomic mass is 9.96. The second-order valence-corrected chi connectivity index (χ2v) is 7.78. The molecule has 0 aliphatic rings. The van der Waals surface area contributed by atoms with Crippen LogP contribution in [0.15, 0.2) is 54.6 Å². The summed E-state index contributed by atoms with van der Waals surface area (Å²) in [6.07, 6.45) is -0.273. The highest BCUT2D eigenvalue weighted by Gasteiger charge is 2.23. The predicted octanol–water partition coefficient (Wildman–Crippen LogP) is 5.50. The molecule has 0 saturated carbocycles. The van der Waals surface area contributed by atoms with Gasteiger partial charge in [-0.15, -0.1) is 0 Å². The molecule has 0 saturated heterocycles. The third-order valence-corrected chi connectivity index (χ3v) is 5.07. The molecular formula is C22H25Cl2NO4. The maximum absolute atomic E-state index is 12.7. The van der Waals surface area contributed by atoms with E-state index < -0.39 is 17.6 Å². The molecule has 2 aromatic carbocycles. The van der Waals surface area contributed by atoms with Crippen molar-refractivity contribution in [1.82, 2.24) is 5.32 Å². The van der Waals surface area contributed by atoms with Crippen molar-refractivity contribution in [1.29, 1.82) is 0 Å². The first-order chi connectivity index (χ1) is 13.9. The highest BCUT2D eigenvalue weighted by molar-refractivity contribution is 6.30. The fraction of sp³-hybridized carbons (Fsp3) is 0.364. The molecule has 2 atom stereocenters. The molecule has 2 rings (SSSR count). The first-order valence-electron chi connectivity index (χ1n) is 9.41. The van der Waals surface area contributed by atoms with E-state index in [2.05, 4.69) is 5.32 Å². The van der Waals surface area contributed by atoms with Crippen LogP contribution in [0, 0.1) is 5.92 Å². The van der Waals surface area contributed by atoms with Crippen molar-refractivity contribution >= 4 is 35.3 Å². The lowest BCUT2D eigenvalue weighted by Gasteiger charge is -2.18. The van der Waals surface area contributed by atoms with Gasteiger partial charge >= 0.3 is 12.1 Å². The van der Waals surface area contributed by atoms with Gasteiger partial charge in [-0.2, -0.15) is 0 Å². The van der Waals surface area contributed by atoms with Gasteiger partial charge in [0.25, 0.3) is 0 Å². The first-order valence-corrected chi connectivity index (χ1v) is 10.2. The minimum Gasteiger partial charge on any atom is -0.460 e. The average Bonchev–Trinajstić information content (AvgIpc) is 2.71. The van der Waals surface area contributed by atoms with Crippen LogP contribution in [0.3, 0.4) is 0 Å². The van der Waals surface area contributed by atoms with E-state index in [1.807, 2.05) is 44.2 Å². The van der Waals surface area contributed by atoms with E-state index in [-0.39, 0.29) is 25.0 Å². The van der Waals surface area contributed by atoms with Gasteiger partial charge in [0.1, 0.15) is 6.61 Å². The number of amides is 1. The Kier molecular flexibility index (Phi) is 9.29. The van der Waals surface area contributed by atoms with Crippen LogP contribution in [-0.2, 0) is 20.9 Å². The van der Waals surface area contributed by atoms with Crippen LogP contribution in [0.5, 0.6) is 0 Å². The molecule has 29 heavy (non-hydrogen) atoms. The standard InChI is InChI=1S/C22H25Cl2NO4/c1-15(2)20(24)29-22(27)25-13-12-19(17-8-10-18(23)11-9-17)21(26)28-14-16-6-4-3-5-7-16/h3-11,15,19-20H,12-14H2,1-2H3,(H,25,27). The fourth-order valence-electron chi connectivity index (χ4n) is 2.54. The number of alkyl halides is 1. The van der Waals surface area contributed by atoms with Crippen molar-refractivity contribution in [2.45, 2.75) is 38.4 Å². The second-order valence-electron chi connectivity index (χ2n) is 6.91. The zero-order valence-corrected chi connectivity index (χ0v) is 18.0. The molecular weight excluding hydrogens is 413 g/mol. The SMILES string of the molecule is CC(C)C(Cl)OC(=O)NCCC(C(=O)OCc1ccccc1)c1ccc(Cl)cc1. The van der Waals surface area contributed by atoms with Crippen LogP contribution in [0.4, 0.5) is 4.79 Å². The molecule has 0 radical (unpaired) electrons. The molecule has 0 heterocycles. The molecule has 0 fully saturated rings. The number of halogens is 2. The van der Waals surface area contributed by atoms with Crippen molar-refractivity contribution in [3.8, 4) is 0 Å². The van der Waals surface area contributed by atoms with Crippen molar-refractivity contribution in [2.75, 3.05) is 6.54 Å². The lowest BCUT2D eigenvalue weighted by molar-refractivity contribution is -0.147. The van der Waals surface area contributed by atoms with E-state index in [1.54, 1.807) is 24.3 Å². The van der Waals surface area contributed by atoms with Crippen molar-refractivity contribution in [3.63, 3.8) is 0 Å². The molecule has 0 spiro atoms. The number of ether oxygens (including phenoxy) is 2. The Balaban J connectivity index is 1.96. The normalized spacial score (nSPS) is 12.9. The molecule has 5 nitrogen and oxygen atoms in total. The Morgan fingerprint density at radius 1 is 1.03 bits per heavy atom. The number of hydrogen-bond donors (Lipinski definition) is 1. The van der Waals surface area contributed by atoms with Crippen molar-refractivity contribution in [2.24, 2.45) is 5.92 Å². The fourth-order valence-corrected chi connectivity index (χ4v) is 2.75. The van der Waals surface area contributed by atoms with Crippen LogP contribution >= 0.6 is 23.2 Å². The van der Waals surface area contributed by atoms with E-state index in [4.69, 9.17) is 32.7 Å². The van der Waals surface area contributed by atoms with E-state index in [0.717, 1.165) is 11.1 Å². The van der Waals surface area contributed by atoms with Gasteiger partial charge in [0.15, 0.2) is 5.56 Å². The van der Waals surface area contributed by atoms with Crippen LogP contribution in [0.25, 0.3) is 0 Å². The third kappa shape index (κ3) is 7.95. The summed E-state index contributed by atoms with van der Waals surface area (Å²) in [6.45, 7) is 4.12. The van der Waals surface area contributed by atoms with E-state index >= 15 is 0 Å². The summed E-state index contributed by atoms with van der Waals surface area (Å²) in [5, 5.41) is 3.21. The van der Waals surface area contributed by atoms with Crippen molar-refractivity contribution < 1.29 is 19.1 Å². The van der Waals surface area contributed by atoms with E-state index in [9.17, 15) is 9.59 Å². The van der Waals surface area contributed by atoms with Crippen molar-refractivity contribution in [3.05, 3.63) is 70.7 Å². The largest absolute Gasteiger partial charge is 0.460 e. The first kappa shape index (κ1) is 23.0. The third-order valence-electron chi connectivity index (χ3n) is 4.23. The molecule has 0 bridgehead atoms. The van der Waals surface area contributed by atoms with Gasteiger partial charge in [-0.05, 0) is 29.7 Å². The number of benzene rings is 2. The maximum atomic E-state index is 12.7. The number of rotatable bonds is 9. The molecule has 1 amide bonds. The highest BCUT2D eigenvalue weighted by atomic mass is 35.5. The Bertz CT molecular complexity index is 781. The quantitative estimate of drug-likeness (QED) is 0.415. The smallest absolute Gasteiger partial charge is 0.408 e. The lowest BCUT2D eigenvalue weighted by Crippen LogP contribution is -2.31. The molecule has 0 aromatic heterocycles. The summed E-state index contributed by atoms with van der Waals surface area (Å²) < 4.78 is 10.6. The zero-order valence-electron chi connectivity index (χ0n) is 16.4. The topological polar surface area (TPSA) is 64.6 Å². The summed E-state index contributed by atoms with van der Waals surface area (Å²) in [5.41, 5.74) is 0.956. The Morgan fingerprint density at radius 2 is 1.69 bits per heavy atom. The Labute approximate surface area is 181 Å². The summed E-state index contributed by atoms with van der Waals surface area (Å²) in [7, 11) is 0. The number of carbonyl (C=O) groups excluding carboxylic acids is 2. The molecule has 0 aliphatic heterocycles. The predicted molar refractivity (Wildman–Crippen MR) is 114 cm³/mol. The van der Waals surface area contributed by atoms with Gasteiger partial charge in [0.05, 0.1) is 5.92 Å². The van der Waals surface area contributed by atoms with Crippen LogP contribution in [0.2, 0.25) is 5.02 Å². The van der Waals surface area contributed by atoms with Crippen LogP contribution in [-0.4, -0.2) is 24.2 Å². The highest BCUT2D eigenvalue weighted by Crippen LogP contribution is 2.23. The van der Waals surface area contributed by atoms with Gasteiger partial charge < -0.3 is 14.8 Å². The summed E-state index contributed by atoms with van der Waals surface area (Å²) in [6, 6.07) is 16.4. The summed E-state index contributed by atoms with van der Waals surface area (Å²) in [5.74, 6) is -0.922. The van der Waals surface area contributed by atoms with Gasteiger partial charge in [-0.3, -0.25) is 4.79 Å². The minimum absolute atomic E-state index is 0.00260. The Hall–Kier alpha value is -2.24. The molecule has 2 unspecified atom stereocenters. The van der Waals surface area contributed by atoms with E-state index in [1.165, 1.54) is 0 Å².